The first kappa shape index (κ1) is 20.2. The summed E-state index contributed by atoms with van der Waals surface area (Å²) in [5.74, 6) is -0.573. The molecule has 1 aliphatic heterocycles. The third-order valence-electron chi connectivity index (χ3n) is 4.44. The highest BCUT2D eigenvalue weighted by Gasteiger charge is 2.16. The lowest BCUT2D eigenvalue weighted by Crippen LogP contribution is -2.31. The molecule has 2 amide bonds. The van der Waals surface area contributed by atoms with E-state index < -0.39 is 4.92 Å². The number of nitrogens with one attached hydrogen (secondary N) is 2. The van der Waals surface area contributed by atoms with E-state index in [1.54, 1.807) is 36.4 Å². The average Bonchev–Trinajstić information content (AvgIpc) is 3.25. The zero-order valence-electron chi connectivity index (χ0n) is 15.7. The van der Waals surface area contributed by atoms with Crippen molar-refractivity contribution in [2.45, 2.75) is 18.9 Å². The molecule has 2 aromatic rings. The van der Waals surface area contributed by atoms with Crippen molar-refractivity contribution in [3.05, 3.63) is 75.8 Å². The number of hydrogen-bond acceptors (Lipinski definition) is 5. The standard InChI is InChI=1S/C21H21N3O5/c25-20(11-6-15-3-1-4-18(13-15)24(27)28)23-17-9-7-16(8-10-17)21(26)22-14-19-5-2-12-29-19/h1,3-4,6-11,13,19H,2,5,12,14H2,(H,22,26)(H,23,25)/b11-6+. The van der Waals surface area contributed by atoms with Crippen LogP contribution >= 0.6 is 0 Å². The number of carbonyl (C=O) groups excluding carboxylic acids is 2. The molecular formula is C21H21N3O5. The van der Waals surface area contributed by atoms with Gasteiger partial charge in [0, 0.05) is 42.6 Å². The molecule has 0 radical (unpaired) electrons. The molecule has 8 nitrogen and oxygen atoms in total. The third kappa shape index (κ3) is 5.98. The summed E-state index contributed by atoms with van der Waals surface area (Å²) in [5, 5.41) is 16.3. The molecular weight excluding hydrogens is 374 g/mol. The van der Waals surface area contributed by atoms with E-state index in [2.05, 4.69) is 10.6 Å². The quantitative estimate of drug-likeness (QED) is 0.425. The zero-order valence-corrected chi connectivity index (χ0v) is 15.7. The van der Waals surface area contributed by atoms with Crippen molar-refractivity contribution < 1.29 is 19.2 Å². The lowest BCUT2D eigenvalue weighted by atomic mass is 10.1. The number of nitrogens with zero attached hydrogens (tertiary/aromatic N) is 1. The van der Waals surface area contributed by atoms with Gasteiger partial charge in [0.2, 0.25) is 5.91 Å². The van der Waals surface area contributed by atoms with Crippen LogP contribution in [0.5, 0.6) is 0 Å². The van der Waals surface area contributed by atoms with Gasteiger partial charge >= 0.3 is 0 Å². The van der Waals surface area contributed by atoms with E-state index in [1.807, 2.05) is 0 Å². The maximum Gasteiger partial charge on any atom is 0.270 e. The van der Waals surface area contributed by atoms with Crippen molar-refractivity contribution in [1.29, 1.82) is 0 Å². The molecule has 1 heterocycles. The van der Waals surface area contributed by atoms with E-state index >= 15 is 0 Å². The summed E-state index contributed by atoms with van der Waals surface area (Å²) in [5.41, 5.74) is 1.54. The van der Waals surface area contributed by atoms with E-state index in [1.165, 1.54) is 24.3 Å². The second-order valence-electron chi connectivity index (χ2n) is 6.60. The predicted octanol–water partition coefficient (Wildman–Crippen LogP) is 3.16. The highest BCUT2D eigenvalue weighted by Crippen LogP contribution is 2.15. The summed E-state index contributed by atoms with van der Waals surface area (Å²) in [6.45, 7) is 1.23. The van der Waals surface area contributed by atoms with Gasteiger partial charge in [0.25, 0.3) is 11.6 Å². The molecule has 0 aromatic heterocycles. The Morgan fingerprint density at radius 3 is 2.69 bits per heavy atom. The van der Waals surface area contributed by atoms with Crippen molar-refractivity contribution in [2.75, 3.05) is 18.5 Å². The van der Waals surface area contributed by atoms with Crippen LogP contribution < -0.4 is 10.6 Å². The number of benzene rings is 2. The molecule has 29 heavy (non-hydrogen) atoms. The van der Waals surface area contributed by atoms with Gasteiger partial charge in [0.15, 0.2) is 0 Å². The smallest absolute Gasteiger partial charge is 0.270 e. The molecule has 3 rings (SSSR count). The first-order chi connectivity index (χ1) is 14.0. The number of carbonyl (C=O) groups is 2. The van der Waals surface area contributed by atoms with Gasteiger partial charge in [-0.15, -0.1) is 0 Å². The van der Waals surface area contributed by atoms with Gasteiger partial charge in [0.1, 0.15) is 0 Å². The Labute approximate surface area is 167 Å². The Morgan fingerprint density at radius 1 is 1.21 bits per heavy atom. The molecule has 1 aliphatic rings. The largest absolute Gasteiger partial charge is 0.376 e. The van der Waals surface area contributed by atoms with E-state index in [0.29, 0.717) is 23.4 Å². The van der Waals surface area contributed by atoms with Crippen LogP contribution in [0.2, 0.25) is 0 Å². The van der Waals surface area contributed by atoms with Gasteiger partial charge in [-0.2, -0.15) is 0 Å². The summed E-state index contributed by atoms with van der Waals surface area (Å²) in [7, 11) is 0. The summed E-state index contributed by atoms with van der Waals surface area (Å²) >= 11 is 0. The molecule has 0 spiro atoms. The van der Waals surface area contributed by atoms with E-state index in [9.17, 15) is 19.7 Å². The van der Waals surface area contributed by atoms with Gasteiger partial charge in [-0.1, -0.05) is 12.1 Å². The number of ether oxygens (including phenoxy) is 1. The lowest BCUT2D eigenvalue weighted by molar-refractivity contribution is -0.384. The highest BCUT2D eigenvalue weighted by atomic mass is 16.6. The molecule has 0 saturated carbocycles. The maximum absolute atomic E-state index is 12.2. The zero-order chi connectivity index (χ0) is 20.6. The predicted molar refractivity (Wildman–Crippen MR) is 109 cm³/mol. The fourth-order valence-corrected chi connectivity index (χ4v) is 2.92. The van der Waals surface area contributed by atoms with Crippen molar-refractivity contribution in [3.8, 4) is 0 Å². The SMILES string of the molecule is O=C(/C=C/c1cccc([N+](=O)[O-])c1)Nc1ccc(C(=O)NCC2CCCO2)cc1. The minimum Gasteiger partial charge on any atom is -0.376 e. The molecule has 2 aromatic carbocycles. The van der Waals surface area contributed by atoms with E-state index in [4.69, 9.17) is 4.74 Å². The number of anilines is 1. The van der Waals surface area contributed by atoms with E-state index in [0.717, 1.165) is 19.4 Å². The minimum atomic E-state index is -0.490. The van der Waals surface area contributed by atoms with Crippen LogP contribution in [0.4, 0.5) is 11.4 Å². The lowest BCUT2D eigenvalue weighted by Gasteiger charge is -2.11. The molecule has 1 saturated heterocycles. The molecule has 0 bridgehead atoms. The minimum absolute atomic E-state index is 0.0408. The molecule has 2 N–H and O–H groups in total. The summed E-state index contributed by atoms with van der Waals surface area (Å²) < 4.78 is 5.47. The van der Waals surface area contributed by atoms with Crippen LogP contribution in [0, 0.1) is 10.1 Å². The topological polar surface area (TPSA) is 111 Å². The Balaban J connectivity index is 1.52. The molecule has 0 aliphatic carbocycles. The molecule has 150 valence electrons. The molecule has 8 heteroatoms. The normalized spacial score (nSPS) is 15.9. The van der Waals surface area contributed by atoms with Crippen LogP contribution in [-0.2, 0) is 9.53 Å². The Kier molecular flexibility index (Phi) is 6.70. The first-order valence-electron chi connectivity index (χ1n) is 9.24. The van der Waals surface area contributed by atoms with Crippen molar-refractivity contribution in [3.63, 3.8) is 0 Å². The second-order valence-corrected chi connectivity index (χ2v) is 6.60. The average molecular weight is 395 g/mol. The monoisotopic (exact) mass is 395 g/mol. The number of amides is 2. The van der Waals surface area contributed by atoms with Crippen molar-refractivity contribution >= 4 is 29.3 Å². The van der Waals surface area contributed by atoms with Gasteiger partial charge in [-0.3, -0.25) is 19.7 Å². The highest BCUT2D eigenvalue weighted by molar-refractivity contribution is 6.02. The Morgan fingerprint density at radius 2 is 2.00 bits per heavy atom. The summed E-state index contributed by atoms with van der Waals surface area (Å²) in [6, 6.07) is 12.5. The summed E-state index contributed by atoms with van der Waals surface area (Å²) in [6.07, 6.45) is 4.84. The number of nitro benzene ring substituents is 1. The van der Waals surface area contributed by atoms with Gasteiger partial charge in [-0.05, 0) is 48.7 Å². The van der Waals surface area contributed by atoms with Gasteiger partial charge < -0.3 is 15.4 Å². The molecule has 1 fully saturated rings. The number of hydrogen-bond donors (Lipinski definition) is 2. The van der Waals surface area contributed by atoms with Crippen LogP contribution in [-0.4, -0.2) is 36.0 Å². The number of non-ortho nitro benzene ring substituents is 1. The van der Waals surface area contributed by atoms with Crippen LogP contribution in [0.25, 0.3) is 6.08 Å². The first-order valence-corrected chi connectivity index (χ1v) is 9.24. The molecule has 1 atom stereocenters. The number of rotatable bonds is 7. The van der Waals surface area contributed by atoms with E-state index in [-0.39, 0.29) is 23.6 Å². The maximum atomic E-state index is 12.2. The number of nitro groups is 1. The van der Waals surface area contributed by atoms with Crippen molar-refractivity contribution in [2.24, 2.45) is 0 Å². The molecule has 1 unspecified atom stereocenters. The van der Waals surface area contributed by atoms with Crippen LogP contribution in [0.3, 0.4) is 0 Å². The fraction of sp³-hybridized carbons (Fsp3) is 0.238. The summed E-state index contributed by atoms with van der Waals surface area (Å²) in [4.78, 5) is 34.5. The van der Waals surface area contributed by atoms with Crippen LogP contribution in [0.15, 0.2) is 54.6 Å². The fourth-order valence-electron chi connectivity index (χ4n) is 2.92. The van der Waals surface area contributed by atoms with Crippen molar-refractivity contribution in [1.82, 2.24) is 5.32 Å². The second kappa shape index (κ2) is 9.61. The van der Waals surface area contributed by atoms with Gasteiger partial charge in [0.05, 0.1) is 11.0 Å². The Bertz CT molecular complexity index is 918. The van der Waals surface area contributed by atoms with Gasteiger partial charge in [-0.25, -0.2) is 0 Å². The van der Waals surface area contributed by atoms with Crippen LogP contribution in [0.1, 0.15) is 28.8 Å². The third-order valence-corrected chi connectivity index (χ3v) is 4.44. The Hall–Kier alpha value is -3.52.